The summed E-state index contributed by atoms with van der Waals surface area (Å²) in [6.45, 7) is 1.08. The van der Waals surface area contributed by atoms with Crippen molar-refractivity contribution in [1.82, 2.24) is 9.58 Å². The predicted octanol–water partition coefficient (Wildman–Crippen LogP) is -0.768. The van der Waals surface area contributed by atoms with Crippen LogP contribution in [0.15, 0.2) is 17.1 Å². The lowest BCUT2D eigenvalue weighted by atomic mass is 10.2. The Morgan fingerprint density at radius 3 is 3.05 bits per heavy atom. The average molecular weight is 300 g/mol. The highest BCUT2D eigenvalue weighted by Crippen LogP contribution is 2.27. The molecule has 2 atom stereocenters. The molecule has 2 N–H and O–H groups in total. The molecule has 0 aromatic carbocycles. The zero-order valence-electron chi connectivity index (χ0n) is 10.2. The van der Waals surface area contributed by atoms with Crippen LogP contribution in [0.25, 0.3) is 0 Å². The molecule has 10 heteroatoms. The van der Waals surface area contributed by atoms with Crippen molar-refractivity contribution in [2.45, 2.75) is 6.17 Å². The number of amides is 1. The number of pyridine rings is 1. The van der Waals surface area contributed by atoms with Crippen LogP contribution in [0.4, 0.5) is 0 Å². The van der Waals surface area contributed by atoms with E-state index in [2.05, 4.69) is 9.95 Å². The van der Waals surface area contributed by atoms with Gasteiger partial charge in [0.2, 0.25) is 5.43 Å². The van der Waals surface area contributed by atoms with Crippen LogP contribution < -0.4 is 15.4 Å². The molecule has 1 aromatic heterocycles. The smallest absolute Gasteiger partial charge is 0.375 e. The molecule has 2 unspecified atom stereocenters. The van der Waals surface area contributed by atoms with Crippen LogP contribution in [0.5, 0.6) is 5.75 Å². The number of carbonyl (C=O) groups is 1. The Hall–Kier alpha value is -1.96. The normalized spacial score (nSPS) is 21.6. The van der Waals surface area contributed by atoms with Crippen LogP contribution in [-0.4, -0.2) is 46.3 Å². The van der Waals surface area contributed by atoms with Gasteiger partial charge in [-0.3, -0.25) is 14.3 Å². The SMILES string of the molecule is O=C1c2c(O[P+](=O)O)c(=O)ccn2NC2COCCN12. The van der Waals surface area contributed by atoms with E-state index in [4.69, 9.17) is 9.63 Å². The summed E-state index contributed by atoms with van der Waals surface area (Å²) in [4.78, 5) is 34.5. The second kappa shape index (κ2) is 4.86. The van der Waals surface area contributed by atoms with Crippen molar-refractivity contribution in [3.05, 3.63) is 28.2 Å². The van der Waals surface area contributed by atoms with Crippen LogP contribution in [0.2, 0.25) is 0 Å². The quantitative estimate of drug-likeness (QED) is 0.690. The Labute approximate surface area is 113 Å². The van der Waals surface area contributed by atoms with Gasteiger partial charge < -0.3 is 15.1 Å². The lowest BCUT2D eigenvalue weighted by molar-refractivity contribution is -0.00303. The highest BCUT2D eigenvalue weighted by Gasteiger charge is 2.38. The number of nitrogens with zero attached hydrogens (tertiary/aromatic N) is 2. The summed E-state index contributed by atoms with van der Waals surface area (Å²) in [5, 5.41) is 0. The molecule has 2 aliphatic heterocycles. The summed E-state index contributed by atoms with van der Waals surface area (Å²) in [6.07, 6.45) is 1.03. The summed E-state index contributed by atoms with van der Waals surface area (Å²) in [5.41, 5.74) is 2.25. The van der Waals surface area contributed by atoms with Gasteiger partial charge in [0.15, 0.2) is 5.69 Å². The van der Waals surface area contributed by atoms with Gasteiger partial charge in [0, 0.05) is 23.4 Å². The zero-order chi connectivity index (χ0) is 14.3. The second-order valence-corrected chi connectivity index (χ2v) is 4.93. The van der Waals surface area contributed by atoms with Gasteiger partial charge in [-0.15, -0.1) is 4.89 Å². The standard InChI is InChI=1S/C10H10N3O6P/c14-6-1-2-13-8(9(6)19-20(16)17)10(15)12-3-4-18-5-7(12)11-13/h1-2,7,11H,3-5H2/p+1. The fourth-order valence-corrected chi connectivity index (χ4v) is 2.58. The van der Waals surface area contributed by atoms with E-state index in [0.29, 0.717) is 19.8 Å². The van der Waals surface area contributed by atoms with E-state index in [1.807, 2.05) is 0 Å². The van der Waals surface area contributed by atoms with E-state index in [0.717, 1.165) is 6.07 Å². The van der Waals surface area contributed by atoms with Crippen LogP contribution in [0.3, 0.4) is 0 Å². The first kappa shape index (κ1) is 13.0. The van der Waals surface area contributed by atoms with Crippen LogP contribution in [-0.2, 0) is 9.30 Å². The maximum absolute atomic E-state index is 12.4. The van der Waals surface area contributed by atoms with Gasteiger partial charge in [-0.2, -0.15) is 0 Å². The van der Waals surface area contributed by atoms with Crippen molar-refractivity contribution in [2.24, 2.45) is 0 Å². The first-order valence-electron chi connectivity index (χ1n) is 5.83. The van der Waals surface area contributed by atoms with Crippen molar-refractivity contribution in [3.8, 4) is 5.75 Å². The number of nitrogens with one attached hydrogen (secondary N) is 1. The summed E-state index contributed by atoms with van der Waals surface area (Å²) in [7, 11) is -3.03. The summed E-state index contributed by atoms with van der Waals surface area (Å²) >= 11 is 0. The lowest BCUT2D eigenvalue weighted by Gasteiger charge is -2.41. The number of fused-ring (bicyclic) bond motifs is 2. The number of hydrogen-bond acceptors (Lipinski definition) is 6. The van der Waals surface area contributed by atoms with Crippen molar-refractivity contribution in [1.29, 1.82) is 0 Å². The topological polar surface area (TPSA) is 110 Å². The predicted molar refractivity (Wildman–Crippen MR) is 66.2 cm³/mol. The molecular formula is C10H11N3O6P+. The number of hydrogen-bond donors (Lipinski definition) is 2. The molecule has 0 bridgehead atoms. The number of morpholine rings is 1. The third-order valence-corrected chi connectivity index (χ3v) is 3.44. The highest BCUT2D eigenvalue weighted by atomic mass is 31.1. The average Bonchev–Trinajstić information content (AvgIpc) is 2.42. The number of rotatable bonds is 2. The molecule has 1 fully saturated rings. The summed E-state index contributed by atoms with van der Waals surface area (Å²) in [5.74, 6) is -0.875. The van der Waals surface area contributed by atoms with Gasteiger partial charge in [0.25, 0.3) is 11.7 Å². The number of carbonyl (C=O) groups excluding carboxylic acids is 1. The monoisotopic (exact) mass is 300 g/mol. The van der Waals surface area contributed by atoms with Crippen molar-refractivity contribution < 1.29 is 23.5 Å². The Bertz CT molecular complexity index is 644. The number of ether oxygens (including phenoxy) is 1. The Kier molecular flexibility index (Phi) is 3.17. The van der Waals surface area contributed by atoms with E-state index in [1.54, 1.807) is 0 Å². The van der Waals surface area contributed by atoms with Crippen molar-refractivity contribution in [3.63, 3.8) is 0 Å². The van der Waals surface area contributed by atoms with Crippen LogP contribution in [0, 0.1) is 0 Å². The molecule has 1 aromatic rings. The minimum atomic E-state index is -3.03. The molecule has 9 nitrogen and oxygen atoms in total. The molecule has 0 saturated carbocycles. The summed E-state index contributed by atoms with van der Waals surface area (Å²) in [6, 6.07) is 1.15. The van der Waals surface area contributed by atoms with Crippen molar-refractivity contribution in [2.75, 3.05) is 25.2 Å². The molecule has 1 saturated heterocycles. The molecule has 3 heterocycles. The Morgan fingerprint density at radius 1 is 1.50 bits per heavy atom. The van der Waals surface area contributed by atoms with Gasteiger partial charge in [0.1, 0.15) is 6.17 Å². The van der Waals surface area contributed by atoms with Gasteiger partial charge in [-0.25, -0.2) is 4.52 Å². The largest absolute Gasteiger partial charge is 0.747 e. The third kappa shape index (κ3) is 2.05. The Morgan fingerprint density at radius 2 is 2.30 bits per heavy atom. The maximum atomic E-state index is 12.4. The van der Waals surface area contributed by atoms with E-state index >= 15 is 0 Å². The maximum Gasteiger partial charge on any atom is 0.747 e. The van der Waals surface area contributed by atoms with E-state index in [1.165, 1.54) is 15.8 Å². The van der Waals surface area contributed by atoms with E-state index in [-0.39, 0.29) is 11.9 Å². The molecule has 20 heavy (non-hydrogen) atoms. The van der Waals surface area contributed by atoms with Crippen LogP contribution in [0.1, 0.15) is 10.5 Å². The van der Waals surface area contributed by atoms with E-state index in [9.17, 15) is 14.2 Å². The highest BCUT2D eigenvalue weighted by molar-refractivity contribution is 7.32. The molecule has 2 aliphatic rings. The van der Waals surface area contributed by atoms with Gasteiger partial charge >= 0.3 is 8.25 Å². The minimum Gasteiger partial charge on any atom is -0.375 e. The Balaban J connectivity index is 2.10. The lowest BCUT2D eigenvalue weighted by Crippen LogP contribution is -2.59. The molecule has 3 rings (SSSR count). The van der Waals surface area contributed by atoms with Gasteiger partial charge in [0.05, 0.1) is 13.2 Å². The fourth-order valence-electron chi connectivity index (χ4n) is 2.24. The molecule has 1 amide bonds. The fraction of sp³-hybridized carbons (Fsp3) is 0.400. The first-order valence-corrected chi connectivity index (χ1v) is 6.96. The van der Waals surface area contributed by atoms with Gasteiger partial charge in [-0.05, 0) is 0 Å². The van der Waals surface area contributed by atoms with Crippen LogP contribution >= 0.6 is 8.25 Å². The van der Waals surface area contributed by atoms with E-state index < -0.39 is 25.3 Å². The van der Waals surface area contributed by atoms with Gasteiger partial charge in [-0.1, -0.05) is 0 Å². The molecule has 0 spiro atoms. The number of aromatic nitrogens is 1. The van der Waals surface area contributed by atoms with Crippen molar-refractivity contribution >= 4 is 14.2 Å². The molecular weight excluding hydrogens is 289 g/mol. The first-order chi connectivity index (χ1) is 9.58. The molecule has 0 aliphatic carbocycles. The molecule has 106 valence electrons. The molecule has 0 radical (unpaired) electrons. The summed E-state index contributed by atoms with van der Waals surface area (Å²) < 4.78 is 22.0. The minimum absolute atomic E-state index is 0.0898. The zero-order valence-corrected chi connectivity index (χ0v) is 11.1. The third-order valence-electron chi connectivity index (χ3n) is 3.10. The second-order valence-electron chi connectivity index (χ2n) is 4.28.